The number of nitrogens with one attached hydrogen (secondary N) is 1. The van der Waals surface area contributed by atoms with Gasteiger partial charge in [0, 0.05) is 38.4 Å². The number of aromatic nitrogens is 1. The Morgan fingerprint density at radius 3 is 2.67 bits per heavy atom. The summed E-state index contributed by atoms with van der Waals surface area (Å²) in [6, 6.07) is 2.05. The van der Waals surface area contributed by atoms with Crippen molar-refractivity contribution < 1.29 is 4.39 Å². The molecule has 84 valence electrons. The van der Waals surface area contributed by atoms with Gasteiger partial charge in [0.1, 0.15) is 0 Å². The summed E-state index contributed by atoms with van der Waals surface area (Å²) >= 11 is 0. The fraction of sp³-hybridized carbons (Fsp3) is 0.545. The molecule has 1 rings (SSSR count). The molecule has 0 unspecified atom stereocenters. The largest absolute Gasteiger partial charge is 0.360 e. The molecular weight excluding hydrogens is 193 g/mol. The molecule has 0 amide bonds. The lowest BCUT2D eigenvalue weighted by Gasteiger charge is -2.15. The molecule has 0 spiro atoms. The molecule has 1 aromatic rings. The zero-order valence-electron chi connectivity index (χ0n) is 9.71. The summed E-state index contributed by atoms with van der Waals surface area (Å²) < 4.78 is 13.8. The number of nitrogens with zero attached hydrogens (tertiary/aromatic N) is 2. The molecule has 1 aromatic heterocycles. The van der Waals surface area contributed by atoms with Gasteiger partial charge in [-0.05, 0) is 6.07 Å². The third-order valence-corrected chi connectivity index (χ3v) is 2.08. The molecule has 0 fully saturated rings. The molecule has 0 aliphatic rings. The van der Waals surface area contributed by atoms with Crippen LogP contribution in [0.5, 0.6) is 0 Å². The SMILES string of the molecule is CC(C)NCc1ccnc(N(C)C)c1F. The predicted molar refractivity (Wildman–Crippen MR) is 60.5 cm³/mol. The van der Waals surface area contributed by atoms with Gasteiger partial charge in [-0.15, -0.1) is 0 Å². The van der Waals surface area contributed by atoms with E-state index in [4.69, 9.17) is 0 Å². The summed E-state index contributed by atoms with van der Waals surface area (Å²) in [5.74, 6) is 0.147. The summed E-state index contributed by atoms with van der Waals surface area (Å²) in [5.41, 5.74) is 0.655. The number of rotatable bonds is 4. The van der Waals surface area contributed by atoms with Crippen molar-refractivity contribution in [2.75, 3.05) is 19.0 Å². The van der Waals surface area contributed by atoms with E-state index >= 15 is 0 Å². The molecule has 15 heavy (non-hydrogen) atoms. The van der Waals surface area contributed by atoms with Crippen molar-refractivity contribution in [3.63, 3.8) is 0 Å². The van der Waals surface area contributed by atoms with Gasteiger partial charge in [0.25, 0.3) is 0 Å². The molecule has 0 atom stereocenters. The Morgan fingerprint density at radius 1 is 1.47 bits per heavy atom. The Labute approximate surface area is 90.3 Å². The first kappa shape index (κ1) is 11.9. The van der Waals surface area contributed by atoms with E-state index < -0.39 is 0 Å². The smallest absolute Gasteiger partial charge is 0.170 e. The average molecular weight is 211 g/mol. The molecule has 0 aromatic carbocycles. The van der Waals surface area contributed by atoms with Gasteiger partial charge in [0.15, 0.2) is 11.6 Å². The minimum atomic E-state index is -0.240. The molecule has 1 heterocycles. The van der Waals surface area contributed by atoms with Crippen LogP contribution in [0.3, 0.4) is 0 Å². The molecule has 0 aliphatic heterocycles. The molecule has 1 N–H and O–H groups in total. The van der Waals surface area contributed by atoms with Gasteiger partial charge in [-0.1, -0.05) is 13.8 Å². The average Bonchev–Trinajstić information content (AvgIpc) is 2.15. The second-order valence-electron chi connectivity index (χ2n) is 4.04. The lowest BCUT2D eigenvalue weighted by molar-refractivity contribution is 0.550. The maximum Gasteiger partial charge on any atom is 0.170 e. The van der Waals surface area contributed by atoms with Crippen LogP contribution >= 0.6 is 0 Å². The molecule has 0 aliphatic carbocycles. The van der Waals surface area contributed by atoms with Gasteiger partial charge in [-0.25, -0.2) is 9.37 Å². The molecule has 0 saturated heterocycles. The van der Waals surface area contributed by atoms with Crippen LogP contribution in [0.2, 0.25) is 0 Å². The number of hydrogen-bond donors (Lipinski definition) is 1. The van der Waals surface area contributed by atoms with Crippen LogP contribution in [0.4, 0.5) is 10.2 Å². The maximum atomic E-state index is 13.8. The summed E-state index contributed by atoms with van der Waals surface area (Å²) in [6.07, 6.45) is 1.63. The Balaban J connectivity index is 2.85. The van der Waals surface area contributed by atoms with Crippen molar-refractivity contribution in [3.05, 3.63) is 23.6 Å². The monoisotopic (exact) mass is 211 g/mol. The second kappa shape index (κ2) is 5.07. The number of halogens is 1. The van der Waals surface area contributed by atoms with Gasteiger partial charge in [-0.3, -0.25) is 0 Å². The van der Waals surface area contributed by atoms with Crippen LogP contribution in [0.1, 0.15) is 19.4 Å². The van der Waals surface area contributed by atoms with Crippen LogP contribution in [0.15, 0.2) is 12.3 Å². The molecule has 4 heteroatoms. The van der Waals surface area contributed by atoms with E-state index in [2.05, 4.69) is 10.3 Å². The van der Waals surface area contributed by atoms with Gasteiger partial charge in [-0.2, -0.15) is 0 Å². The summed E-state index contributed by atoms with van der Waals surface area (Å²) in [7, 11) is 3.57. The van der Waals surface area contributed by atoms with Gasteiger partial charge in [0.2, 0.25) is 0 Å². The summed E-state index contributed by atoms with van der Waals surface area (Å²) in [4.78, 5) is 5.66. The van der Waals surface area contributed by atoms with Crippen molar-refractivity contribution in [1.82, 2.24) is 10.3 Å². The van der Waals surface area contributed by atoms with Crippen LogP contribution < -0.4 is 10.2 Å². The Kier molecular flexibility index (Phi) is 4.03. The Morgan fingerprint density at radius 2 is 2.13 bits per heavy atom. The second-order valence-corrected chi connectivity index (χ2v) is 4.04. The standard InChI is InChI=1S/C11H18FN3/c1-8(2)14-7-9-5-6-13-11(10(9)12)15(3)4/h5-6,8,14H,7H2,1-4H3. The molecule has 0 saturated carbocycles. The van der Waals surface area contributed by atoms with Crippen LogP contribution in [-0.4, -0.2) is 25.1 Å². The van der Waals surface area contributed by atoms with E-state index in [1.54, 1.807) is 31.3 Å². The minimum Gasteiger partial charge on any atom is -0.360 e. The van der Waals surface area contributed by atoms with E-state index in [0.29, 0.717) is 24.0 Å². The molecular formula is C11H18FN3. The van der Waals surface area contributed by atoms with E-state index in [9.17, 15) is 4.39 Å². The highest BCUT2D eigenvalue weighted by Gasteiger charge is 2.10. The third-order valence-electron chi connectivity index (χ3n) is 2.08. The number of pyridine rings is 1. The highest BCUT2D eigenvalue weighted by molar-refractivity contribution is 5.41. The highest BCUT2D eigenvalue weighted by Crippen LogP contribution is 2.17. The maximum absolute atomic E-state index is 13.8. The van der Waals surface area contributed by atoms with E-state index in [-0.39, 0.29) is 5.82 Å². The van der Waals surface area contributed by atoms with Gasteiger partial charge < -0.3 is 10.2 Å². The van der Waals surface area contributed by atoms with Crippen LogP contribution in [0, 0.1) is 5.82 Å². The quantitative estimate of drug-likeness (QED) is 0.823. The summed E-state index contributed by atoms with van der Waals surface area (Å²) in [6.45, 7) is 4.60. The molecule has 3 nitrogen and oxygen atoms in total. The molecule has 0 radical (unpaired) electrons. The fourth-order valence-corrected chi connectivity index (χ4v) is 1.23. The lowest BCUT2D eigenvalue weighted by atomic mass is 10.2. The number of hydrogen-bond acceptors (Lipinski definition) is 3. The molecule has 0 bridgehead atoms. The van der Waals surface area contributed by atoms with Crippen molar-refractivity contribution in [3.8, 4) is 0 Å². The first-order valence-electron chi connectivity index (χ1n) is 5.06. The van der Waals surface area contributed by atoms with Crippen molar-refractivity contribution in [1.29, 1.82) is 0 Å². The van der Waals surface area contributed by atoms with E-state index in [0.717, 1.165) is 0 Å². The minimum absolute atomic E-state index is 0.240. The van der Waals surface area contributed by atoms with E-state index in [1.807, 2.05) is 13.8 Å². The van der Waals surface area contributed by atoms with Crippen LogP contribution in [0.25, 0.3) is 0 Å². The van der Waals surface area contributed by atoms with Crippen LogP contribution in [-0.2, 0) is 6.54 Å². The first-order valence-corrected chi connectivity index (χ1v) is 5.06. The van der Waals surface area contributed by atoms with Crippen molar-refractivity contribution in [2.24, 2.45) is 0 Å². The zero-order chi connectivity index (χ0) is 11.4. The Bertz CT molecular complexity index is 324. The predicted octanol–water partition coefficient (Wildman–Crippen LogP) is 1.78. The van der Waals surface area contributed by atoms with Crippen molar-refractivity contribution in [2.45, 2.75) is 26.4 Å². The van der Waals surface area contributed by atoms with Gasteiger partial charge >= 0.3 is 0 Å². The number of anilines is 1. The Hall–Kier alpha value is -1.16. The highest BCUT2D eigenvalue weighted by atomic mass is 19.1. The zero-order valence-corrected chi connectivity index (χ0v) is 9.71. The van der Waals surface area contributed by atoms with Crippen molar-refractivity contribution >= 4 is 5.82 Å². The first-order chi connectivity index (χ1) is 7.02. The summed E-state index contributed by atoms with van der Waals surface area (Å²) in [5, 5.41) is 3.18. The van der Waals surface area contributed by atoms with Gasteiger partial charge in [0.05, 0.1) is 0 Å². The lowest BCUT2D eigenvalue weighted by Crippen LogP contribution is -2.23. The third kappa shape index (κ3) is 3.16. The topological polar surface area (TPSA) is 28.2 Å². The normalized spacial score (nSPS) is 10.8. The fourth-order valence-electron chi connectivity index (χ4n) is 1.23. The van der Waals surface area contributed by atoms with E-state index in [1.165, 1.54) is 0 Å².